The van der Waals surface area contributed by atoms with Gasteiger partial charge in [-0.2, -0.15) is 0 Å². The molecule has 1 amide bonds. The van der Waals surface area contributed by atoms with Crippen molar-refractivity contribution in [1.29, 1.82) is 0 Å². The number of nitrogens with two attached hydrogens (primary N) is 1. The smallest absolute Gasteiger partial charge is 0.356 e. The van der Waals surface area contributed by atoms with Crippen molar-refractivity contribution in [2.24, 2.45) is 0 Å². The fourth-order valence-corrected chi connectivity index (χ4v) is 3.20. The molecule has 0 unspecified atom stereocenters. The summed E-state index contributed by atoms with van der Waals surface area (Å²) in [5.74, 6) is -0.952. The highest BCUT2D eigenvalue weighted by atomic mass is 16.5. The van der Waals surface area contributed by atoms with Crippen molar-refractivity contribution in [1.82, 2.24) is 9.97 Å². The number of benzene rings is 2. The van der Waals surface area contributed by atoms with Crippen LogP contribution in [0.3, 0.4) is 0 Å². The first-order valence-corrected chi connectivity index (χ1v) is 11.0. The lowest BCUT2D eigenvalue weighted by atomic mass is 10.2. The number of nitrogens with one attached hydrogen (secondary N) is 1. The molecule has 2 aromatic carbocycles. The first-order valence-electron chi connectivity index (χ1n) is 11.0. The minimum Gasteiger partial charge on any atom is -0.471 e. The van der Waals surface area contributed by atoms with E-state index in [1.165, 1.54) is 25.3 Å². The number of rotatable bonds is 9. The lowest BCUT2D eigenvalue weighted by Gasteiger charge is -2.13. The Morgan fingerprint density at radius 2 is 1.31 bits per heavy atom. The summed E-state index contributed by atoms with van der Waals surface area (Å²) in [5.41, 5.74) is 8.50. The molecule has 36 heavy (non-hydrogen) atoms. The first-order chi connectivity index (χ1) is 17.5. The molecule has 0 aliphatic heterocycles. The molecule has 2 heterocycles. The summed E-state index contributed by atoms with van der Waals surface area (Å²) >= 11 is 0. The average molecular weight is 485 g/mol. The van der Waals surface area contributed by atoms with Crippen molar-refractivity contribution in [3.63, 3.8) is 0 Å². The van der Waals surface area contributed by atoms with Crippen molar-refractivity contribution in [2.75, 3.05) is 18.2 Å². The van der Waals surface area contributed by atoms with E-state index in [0.717, 1.165) is 11.1 Å². The van der Waals surface area contributed by atoms with E-state index in [1.54, 1.807) is 6.07 Å². The molecule has 0 radical (unpaired) electrons. The molecule has 9 nitrogen and oxygen atoms in total. The number of carbonyl (C=O) groups is 2. The number of esters is 1. The number of hydrogen-bond acceptors (Lipinski definition) is 8. The molecular formula is C27H24N4O5. The van der Waals surface area contributed by atoms with Gasteiger partial charge in [-0.3, -0.25) is 4.79 Å². The maximum absolute atomic E-state index is 13.0. The van der Waals surface area contributed by atoms with Gasteiger partial charge in [0.25, 0.3) is 5.91 Å². The Kier molecular flexibility index (Phi) is 7.72. The fourth-order valence-electron chi connectivity index (χ4n) is 3.20. The molecule has 0 spiro atoms. The van der Waals surface area contributed by atoms with Crippen LogP contribution in [0.15, 0.2) is 84.9 Å². The van der Waals surface area contributed by atoms with Crippen LogP contribution in [0.2, 0.25) is 0 Å². The molecule has 4 aromatic rings. The van der Waals surface area contributed by atoms with E-state index in [0.29, 0.717) is 5.69 Å². The second kappa shape index (κ2) is 11.5. The van der Waals surface area contributed by atoms with Crippen LogP contribution < -0.4 is 20.5 Å². The van der Waals surface area contributed by atoms with Gasteiger partial charge in [0.2, 0.25) is 11.8 Å². The highest BCUT2D eigenvalue weighted by Crippen LogP contribution is 2.26. The van der Waals surface area contributed by atoms with Gasteiger partial charge in [0.15, 0.2) is 5.69 Å². The van der Waals surface area contributed by atoms with Crippen molar-refractivity contribution >= 4 is 23.3 Å². The van der Waals surface area contributed by atoms with Gasteiger partial charge in [0.05, 0.1) is 12.8 Å². The summed E-state index contributed by atoms with van der Waals surface area (Å²) in [6.07, 6.45) is 0. The van der Waals surface area contributed by atoms with Gasteiger partial charge in [-0.1, -0.05) is 60.7 Å². The van der Waals surface area contributed by atoms with E-state index in [1.807, 2.05) is 60.7 Å². The van der Waals surface area contributed by atoms with Crippen molar-refractivity contribution in [3.05, 3.63) is 107 Å². The van der Waals surface area contributed by atoms with E-state index in [-0.39, 0.29) is 42.0 Å². The molecule has 0 saturated heterocycles. The van der Waals surface area contributed by atoms with Crippen LogP contribution in [0.1, 0.15) is 32.1 Å². The number of methoxy groups -OCH3 is 1. The standard InChI is InChI=1S/C27H24N4O5/c1-34-27(33)23-15-14-22(26(31-23)36-17-19-10-6-3-7-11-19)29-24(32)21-13-12-20(28)25(30-21)35-16-18-8-4-2-5-9-18/h2-15H,16-17,28H2,1H3,(H,29,32). The Balaban J connectivity index is 1.53. The molecule has 0 fully saturated rings. The summed E-state index contributed by atoms with van der Waals surface area (Å²) in [7, 11) is 1.26. The lowest BCUT2D eigenvalue weighted by Crippen LogP contribution is -2.17. The molecule has 0 aliphatic carbocycles. The quantitative estimate of drug-likeness (QED) is 0.338. The third-order valence-corrected chi connectivity index (χ3v) is 5.06. The van der Waals surface area contributed by atoms with Crippen molar-refractivity contribution in [3.8, 4) is 11.8 Å². The summed E-state index contributed by atoms with van der Waals surface area (Å²) < 4.78 is 16.3. The average Bonchev–Trinajstić information content (AvgIpc) is 2.92. The Bertz CT molecular complexity index is 1350. The summed E-state index contributed by atoms with van der Waals surface area (Å²) in [6, 6.07) is 24.9. The number of aromatic nitrogens is 2. The number of pyridine rings is 2. The van der Waals surface area contributed by atoms with Gasteiger partial charge in [0.1, 0.15) is 24.6 Å². The summed E-state index contributed by atoms with van der Waals surface area (Å²) in [5, 5.41) is 2.73. The molecule has 4 rings (SSSR count). The molecule has 0 saturated carbocycles. The van der Waals surface area contributed by atoms with Crippen LogP contribution in [0, 0.1) is 0 Å². The van der Waals surface area contributed by atoms with Gasteiger partial charge >= 0.3 is 5.97 Å². The maximum Gasteiger partial charge on any atom is 0.356 e. The highest BCUT2D eigenvalue weighted by Gasteiger charge is 2.18. The molecule has 9 heteroatoms. The SMILES string of the molecule is COC(=O)c1ccc(NC(=O)c2ccc(N)c(OCc3ccccc3)n2)c(OCc2ccccc2)n1. The molecule has 0 bridgehead atoms. The van der Waals surface area contributed by atoms with Crippen LogP contribution in [-0.4, -0.2) is 29.0 Å². The van der Waals surface area contributed by atoms with Gasteiger partial charge in [0, 0.05) is 0 Å². The van der Waals surface area contributed by atoms with E-state index >= 15 is 0 Å². The zero-order chi connectivity index (χ0) is 25.3. The molecule has 182 valence electrons. The largest absolute Gasteiger partial charge is 0.471 e. The Morgan fingerprint density at radius 3 is 1.92 bits per heavy atom. The van der Waals surface area contributed by atoms with Crippen LogP contribution >= 0.6 is 0 Å². The summed E-state index contributed by atoms with van der Waals surface area (Å²) in [4.78, 5) is 33.5. The van der Waals surface area contributed by atoms with E-state index in [4.69, 9.17) is 19.9 Å². The van der Waals surface area contributed by atoms with Crippen molar-refractivity contribution < 1.29 is 23.8 Å². The van der Waals surface area contributed by atoms with Crippen LogP contribution in [0.4, 0.5) is 11.4 Å². The Morgan fingerprint density at radius 1 is 0.750 bits per heavy atom. The molecule has 3 N–H and O–H groups in total. The number of anilines is 2. The predicted octanol–water partition coefficient (Wildman–Crippen LogP) is 4.26. The maximum atomic E-state index is 13.0. The van der Waals surface area contributed by atoms with Gasteiger partial charge < -0.3 is 25.3 Å². The molecular weight excluding hydrogens is 460 g/mol. The second-order valence-corrected chi connectivity index (χ2v) is 7.63. The third-order valence-electron chi connectivity index (χ3n) is 5.06. The Hall–Kier alpha value is -4.92. The Labute approximate surface area is 207 Å². The third kappa shape index (κ3) is 6.15. The monoisotopic (exact) mass is 484 g/mol. The van der Waals surface area contributed by atoms with Crippen molar-refractivity contribution in [2.45, 2.75) is 13.2 Å². The topological polar surface area (TPSA) is 126 Å². The molecule has 2 aromatic heterocycles. The van der Waals surface area contributed by atoms with Crippen LogP contribution in [-0.2, 0) is 18.0 Å². The molecule has 0 aliphatic rings. The minimum atomic E-state index is -0.627. The van der Waals surface area contributed by atoms with E-state index in [9.17, 15) is 9.59 Å². The number of amides is 1. The normalized spacial score (nSPS) is 10.4. The number of nitrogen functional groups attached to an aromatic ring is 1. The lowest BCUT2D eigenvalue weighted by molar-refractivity contribution is 0.0592. The van der Waals surface area contributed by atoms with Crippen LogP contribution in [0.25, 0.3) is 0 Å². The predicted molar refractivity (Wildman–Crippen MR) is 134 cm³/mol. The number of ether oxygens (including phenoxy) is 3. The number of hydrogen-bond donors (Lipinski definition) is 2. The van der Waals surface area contributed by atoms with Gasteiger partial charge in [-0.25, -0.2) is 14.8 Å². The van der Waals surface area contributed by atoms with E-state index < -0.39 is 11.9 Å². The van der Waals surface area contributed by atoms with E-state index in [2.05, 4.69) is 15.3 Å². The summed E-state index contributed by atoms with van der Waals surface area (Å²) in [6.45, 7) is 0.429. The molecule has 0 atom stereocenters. The zero-order valence-electron chi connectivity index (χ0n) is 19.5. The highest BCUT2D eigenvalue weighted by molar-refractivity contribution is 6.04. The van der Waals surface area contributed by atoms with Gasteiger partial charge in [-0.15, -0.1) is 0 Å². The second-order valence-electron chi connectivity index (χ2n) is 7.63. The number of carbonyl (C=O) groups excluding carboxylic acids is 2. The fraction of sp³-hybridized carbons (Fsp3) is 0.111. The first kappa shape index (κ1) is 24.2. The minimum absolute atomic E-state index is 0.0424. The van der Waals surface area contributed by atoms with Gasteiger partial charge in [-0.05, 0) is 35.4 Å². The zero-order valence-corrected chi connectivity index (χ0v) is 19.5. The number of nitrogens with zero attached hydrogens (tertiary/aromatic N) is 2. The van der Waals surface area contributed by atoms with Crippen LogP contribution in [0.5, 0.6) is 11.8 Å².